The van der Waals surface area contributed by atoms with Crippen molar-refractivity contribution in [2.75, 3.05) is 25.0 Å². The molecule has 1 aromatic carbocycles. The summed E-state index contributed by atoms with van der Waals surface area (Å²) in [4.78, 5) is 25.0. The van der Waals surface area contributed by atoms with Crippen molar-refractivity contribution in [3.05, 3.63) is 28.2 Å². The van der Waals surface area contributed by atoms with E-state index in [2.05, 4.69) is 21.2 Å². The number of piperidine rings is 1. The summed E-state index contributed by atoms with van der Waals surface area (Å²) in [7, 11) is 0. The van der Waals surface area contributed by atoms with E-state index in [1.807, 2.05) is 30.0 Å². The Hall–Kier alpha value is -1.40. The van der Waals surface area contributed by atoms with Gasteiger partial charge in [-0.1, -0.05) is 15.9 Å². The van der Waals surface area contributed by atoms with Crippen molar-refractivity contribution in [2.45, 2.75) is 19.8 Å². The van der Waals surface area contributed by atoms with Gasteiger partial charge in [0.05, 0.1) is 12.5 Å². The number of aryl methyl sites for hydroxylation is 1. The highest BCUT2D eigenvalue weighted by atomic mass is 79.9. The monoisotopic (exact) mass is 354 g/mol. The minimum atomic E-state index is -0.774. The summed E-state index contributed by atoms with van der Waals surface area (Å²) in [6.07, 6.45) is 1.51. The number of halogens is 1. The average molecular weight is 355 g/mol. The van der Waals surface area contributed by atoms with Crippen molar-refractivity contribution >= 4 is 33.5 Å². The summed E-state index contributed by atoms with van der Waals surface area (Å²) >= 11 is 3.39. The van der Waals surface area contributed by atoms with Crippen LogP contribution in [-0.4, -0.2) is 41.5 Å². The Kier molecular flexibility index (Phi) is 5.36. The molecule has 0 radical (unpaired) electrons. The summed E-state index contributed by atoms with van der Waals surface area (Å²) in [5, 5.41) is 11.9. The number of rotatable bonds is 4. The lowest BCUT2D eigenvalue weighted by Crippen LogP contribution is -2.42. The van der Waals surface area contributed by atoms with Gasteiger partial charge in [-0.3, -0.25) is 14.5 Å². The van der Waals surface area contributed by atoms with Crippen LogP contribution in [0.25, 0.3) is 0 Å². The molecule has 1 saturated heterocycles. The van der Waals surface area contributed by atoms with Crippen LogP contribution in [-0.2, 0) is 9.59 Å². The summed E-state index contributed by atoms with van der Waals surface area (Å²) in [5.41, 5.74) is 1.77. The lowest BCUT2D eigenvalue weighted by atomic mass is 9.98. The van der Waals surface area contributed by atoms with Gasteiger partial charge >= 0.3 is 5.97 Å². The number of benzene rings is 1. The largest absolute Gasteiger partial charge is 0.481 e. The molecule has 21 heavy (non-hydrogen) atoms. The summed E-state index contributed by atoms with van der Waals surface area (Å²) in [6.45, 7) is 3.39. The molecule has 1 aliphatic rings. The third-order valence-corrected chi connectivity index (χ3v) is 4.18. The SMILES string of the molecule is Cc1cc(Br)ccc1NC(=O)CN1CCCC(C(=O)O)C1. The highest BCUT2D eigenvalue weighted by molar-refractivity contribution is 9.10. The van der Waals surface area contributed by atoms with E-state index in [1.165, 1.54) is 0 Å². The average Bonchev–Trinajstić information content (AvgIpc) is 2.42. The lowest BCUT2D eigenvalue weighted by molar-refractivity contribution is -0.144. The molecular weight excluding hydrogens is 336 g/mol. The van der Waals surface area contributed by atoms with Crippen LogP contribution in [0.2, 0.25) is 0 Å². The second kappa shape index (κ2) is 7.04. The first kappa shape index (κ1) is 16.0. The fraction of sp³-hybridized carbons (Fsp3) is 0.467. The van der Waals surface area contributed by atoms with Crippen LogP contribution in [0.15, 0.2) is 22.7 Å². The van der Waals surface area contributed by atoms with E-state index >= 15 is 0 Å². The number of likely N-dealkylation sites (tertiary alicyclic amines) is 1. The van der Waals surface area contributed by atoms with Gasteiger partial charge in [-0.05, 0) is 50.1 Å². The van der Waals surface area contributed by atoms with E-state index in [1.54, 1.807) is 0 Å². The molecule has 0 saturated carbocycles. The molecule has 5 nitrogen and oxygen atoms in total. The topological polar surface area (TPSA) is 69.6 Å². The van der Waals surface area contributed by atoms with Gasteiger partial charge in [0, 0.05) is 16.7 Å². The van der Waals surface area contributed by atoms with Gasteiger partial charge in [0.15, 0.2) is 0 Å². The van der Waals surface area contributed by atoms with E-state index in [-0.39, 0.29) is 18.4 Å². The standard InChI is InChI=1S/C15H19BrN2O3/c1-10-7-12(16)4-5-13(10)17-14(19)9-18-6-2-3-11(8-18)15(20)21/h4-5,7,11H,2-3,6,8-9H2,1H3,(H,17,19)(H,20,21). The van der Waals surface area contributed by atoms with Crippen molar-refractivity contribution in [2.24, 2.45) is 5.92 Å². The second-order valence-electron chi connectivity index (χ2n) is 5.42. The van der Waals surface area contributed by atoms with Crippen LogP contribution in [0.4, 0.5) is 5.69 Å². The number of hydrogen-bond donors (Lipinski definition) is 2. The van der Waals surface area contributed by atoms with Gasteiger partial charge in [0.2, 0.25) is 5.91 Å². The Balaban J connectivity index is 1.91. The quantitative estimate of drug-likeness (QED) is 0.871. The summed E-state index contributed by atoms with van der Waals surface area (Å²) in [5.74, 6) is -1.24. The lowest BCUT2D eigenvalue weighted by Gasteiger charge is -2.30. The minimum Gasteiger partial charge on any atom is -0.481 e. The highest BCUT2D eigenvalue weighted by Gasteiger charge is 2.26. The first-order chi connectivity index (χ1) is 9.95. The van der Waals surface area contributed by atoms with Gasteiger partial charge in [-0.15, -0.1) is 0 Å². The molecule has 1 heterocycles. The molecular formula is C15H19BrN2O3. The molecule has 1 fully saturated rings. The molecule has 2 rings (SSSR count). The molecule has 0 spiro atoms. The van der Waals surface area contributed by atoms with E-state index < -0.39 is 5.97 Å². The predicted molar refractivity (Wildman–Crippen MR) is 84.3 cm³/mol. The van der Waals surface area contributed by atoms with Crippen molar-refractivity contribution < 1.29 is 14.7 Å². The Bertz CT molecular complexity index is 548. The van der Waals surface area contributed by atoms with Crippen molar-refractivity contribution in [1.82, 2.24) is 4.90 Å². The maximum Gasteiger partial charge on any atom is 0.307 e. The Morgan fingerprint density at radius 3 is 2.90 bits per heavy atom. The van der Waals surface area contributed by atoms with E-state index in [9.17, 15) is 9.59 Å². The molecule has 6 heteroatoms. The third kappa shape index (κ3) is 4.54. The summed E-state index contributed by atoms with van der Waals surface area (Å²) < 4.78 is 0.971. The first-order valence-corrected chi connectivity index (χ1v) is 7.76. The summed E-state index contributed by atoms with van der Waals surface area (Å²) in [6, 6.07) is 5.68. The number of aliphatic carboxylic acids is 1. The predicted octanol–water partition coefficient (Wildman–Crippen LogP) is 2.49. The van der Waals surface area contributed by atoms with Gasteiger partial charge in [0.25, 0.3) is 0 Å². The van der Waals surface area contributed by atoms with Crippen molar-refractivity contribution in [3.8, 4) is 0 Å². The number of nitrogens with zero attached hydrogens (tertiary/aromatic N) is 1. The zero-order valence-corrected chi connectivity index (χ0v) is 13.5. The fourth-order valence-electron chi connectivity index (χ4n) is 2.56. The fourth-order valence-corrected chi connectivity index (χ4v) is 3.04. The van der Waals surface area contributed by atoms with Crippen LogP contribution in [0.5, 0.6) is 0 Å². The molecule has 114 valence electrons. The number of hydrogen-bond acceptors (Lipinski definition) is 3. The maximum absolute atomic E-state index is 12.1. The van der Waals surface area contributed by atoms with Gasteiger partial charge in [-0.2, -0.15) is 0 Å². The Morgan fingerprint density at radius 2 is 2.24 bits per heavy atom. The van der Waals surface area contributed by atoms with Crippen LogP contribution < -0.4 is 5.32 Å². The van der Waals surface area contributed by atoms with E-state index in [4.69, 9.17) is 5.11 Å². The number of anilines is 1. The number of amides is 1. The molecule has 1 amide bonds. The zero-order chi connectivity index (χ0) is 15.4. The normalized spacial score (nSPS) is 19.2. The second-order valence-corrected chi connectivity index (χ2v) is 6.34. The van der Waals surface area contributed by atoms with E-state index in [0.29, 0.717) is 13.0 Å². The third-order valence-electron chi connectivity index (χ3n) is 3.68. The molecule has 2 N–H and O–H groups in total. The smallest absolute Gasteiger partial charge is 0.307 e. The molecule has 0 bridgehead atoms. The molecule has 0 aromatic heterocycles. The molecule has 1 atom stereocenters. The van der Waals surface area contributed by atoms with Crippen LogP contribution in [0, 0.1) is 12.8 Å². The van der Waals surface area contributed by atoms with Crippen LogP contribution in [0.1, 0.15) is 18.4 Å². The first-order valence-electron chi connectivity index (χ1n) is 6.97. The van der Waals surface area contributed by atoms with Gasteiger partial charge < -0.3 is 10.4 Å². The maximum atomic E-state index is 12.1. The van der Waals surface area contributed by atoms with E-state index in [0.717, 1.165) is 28.7 Å². The number of carbonyl (C=O) groups excluding carboxylic acids is 1. The Labute approximate surface area is 132 Å². The molecule has 1 aliphatic heterocycles. The van der Waals surface area contributed by atoms with Crippen LogP contribution in [0.3, 0.4) is 0 Å². The number of nitrogens with one attached hydrogen (secondary N) is 1. The van der Waals surface area contributed by atoms with Gasteiger partial charge in [0.1, 0.15) is 0 Å². The van der Waals surface area contributed by atoms with Crippen LogP contribution >= 0.6 is 15.9 Å². The minimum absolute atomic E-state index is 0.105. The number of carboxylic acids is 1. The number of carbonyl (C=O) groups is 2. The Morgan fingerprint density at radius 1 is 1.48 bits per heavy atom. The van der Waals surface area contributed by atoms with Crippen molar-refractivity contribution in [3.63, 3.8) is 0 Å². The highest BCUT2D eigenvalue weighted by Crippen LogP contribution is 2.20. The molecule has 1 aromatic rings. The molecule has 0 aliphatic carbocycles. The van der Waals surface area contributed by atoms with Crippen molar-refractivity contribution in [1.29, 1.82) is 0 Å². The van der Waals surface area contributed by atoms with Gasteiger partial charge in [-0.25, -0.2) is 0 Å². The zero-order valence-electron chi connectivity index (χ0n) is 11.9. The number of carboxylic acid groups (broad SMARTS) is 1. The molecule has 1 unspecified atom stereocenters.